The highest BCUT2D eigenvalue weighted by atomic mass is 16.1. The Morgan fingerprint density at radius 3 is 2.75 bits per heavy atom. The number of hydrogen-bond acceptors (Lipinski definition) is 5. The zero-order valence-corrected chi connectivity index (χ0v) is 13.7. The third-order valence-electron chi connectivity index (χ3n) is 3.62. The average molecular weight is 319 g/mol. The van der Waals surface area contributed by atoms with Gasteiger partial charge in [0.1, 0.15) is 17.5 Å². The molecular formula is C18H17N5O. The number of anilines is 1. The number of hydrogen-bond donors (Lipinski definition) is 1. The number of aromatic nitrogens is 3. The molecule has 1 N–H and O–H groups in total. The standard InChI is InChI=1S/C18H17N5O/c1-11(2)22-16-7-17(20-10-15(16)12(3)24)23-5-4-14-6-13(8-19)9-21-18(14)23/h4-7,9-11H,1-3H3,(H,20,22). The van der Waals surface area contributed by atoms with Crippen LogP contribution >= 0.6 is 0 Å². The maximum absolute atomic E-state index is 11.8. The van der Waals surface area contributed by atoms with E-state index in [-0.39, 0.29) is 11.8 Å². The van der Waals surface area contributed by atoms with E-state index in [0.717, 1.165) is 11.1 Å². The van der Waals surface area contributed by atoms with Gasteiger partial charge in [-0.3, -0.25) is 9.36 Å². The second kappa shape index (κ2) is 6.13. The van der Waals surface area contributed by atoms with Gasteiger partial charge in [-0.25, -0.2) is 9.97 Å². The van der Waals surface area contributed by atoms with Crippen LogP contribution in [0.3, 0.4) is 0 Å². The summed E-state index contributed by atoms with van der Waals surface area (Å²) < 4.78 is 1.84. The summed E-state index contributed by atoms with van der Waals surface area (Å²) in [6.07, 6.45) is 4.97. The third kappa shape index (κ3) is 2.84. The molecule has 0 bridgehead atoms. The van der Waals surface area contributed by atoms with Crippen molar-refractivity contribution in [2.45, 2.75) is 26.8 Å². The molecule has 6 heteroatoms. The van der Waals surface area contributed by atoms with Crippen molar-refractivity contribution in [3.05, 3.63) is 47.9 Å². The number of rotatable bonds is 4. The monoisotopic (exact) mass is 319 g/mol. The maximum atomic E-state index is 11.8. The molecule has 0 spiro atoms. The van der Waals surface area contributed by atoms with E-state index in [2.05, 4.69) is 21.4 Å². The molecule has 0 aliphatic carbocycles. The van der Waals surface area contributed by atoms with Gasteiger partial charge in [0.25, 0.3) is 0 Å². The highest BCUT2D eigenvalue weighted by Gasteiger charge is 2.13. The number of carbonyl (C=O) groups is 1. The van der Waals surface area contributed by atoms with E-state index in [1.807, 2.05) is 36.7 Å². The molecule has 0 atom stereocenters. The SMILES string of the molecule is CC(=O)c1cnc(-n2ccc3cc(C#N)cnc32)cc1NC(C)C. The Bertz CT molecular complexity index is 965. The lowest BCUT2D eigenvalue weighted by Gasteiger charge is -2.15. The van der Waals surface area contributed by atoms with E-state index in [9.17, 15) is 4.79 Å². The number of nitrogens with zero attached hydrogens (tertiary/aromatic N) is 4. The number of nitriles is 1. The third-order valence-corrected chi connectivity index (χ3v) is 3.62. The molecule has 0 aromatic carbocycles. The Morgan fingerprint density at radius 2 is 2.08 bits per heavy atom. The Labute approximate surface area is 139 Å². The maximum Gasteiger partial charge on any atom is 0.163 e. The quantitative estimate of drug-likeness (QED) is 0.746. The van der Waals surface area contributed by atoms with Gasteiger partial charge in [-0.2, -0.15) is 5.26 Å². The van der Waals surface area contributed by atoms with E-state index < -0.39 is 0 Å². The summed E-state index contributed by atoms with van der Waals surface area (Å²) in [6.45, 7) is 5.55. The molecule has 0 fully saturated rings. The second-order valence-electron chi connectivity index (χ2n) is 5.88. The van der Waals surface area contributed by atoms with Crippen LogP contribution in [0.25, 0.3) is 16.9 Å². The minimum Gasteiger partial charge on any atom is -0.382 e. The largest absolute Gasteiger partial charge is 0.382 e. The van der Waals surface area contributed by atoms with Gasteiger partial charge >= 0.3 is 0 Å². The minimum absolute atomic E-state index is 0.0358. The average Bonchev–Trinajstić information content (AvgIpc) is 2.96. The molecule has 0 radical (unpaired) electrons. The van der Waals surface area contributed by atoms with E-state index in [1.165, 1.54) is 13.1 Å². The fourth-order valence-electron chi connectivity index (χ4n) is 2.56. The number of fused-ring (bicyclic) bond motifs is 1. The highest BCUT2D eigenvalue weighted by molar-refractivity contribution is 5.99. The van der Waals surface area contributed by atoms with Crippen molar-refractivity contribution in [2.24, 2.45) is 0 Å². The van der Waals surface area contributed by atoms with Crippen LogP contribution in [0, 0.1) is 11.3 Å². The van der Waals surface area contributed by atoms with Crippen LogP contribution in [0.5, 0.6) is 0 Å². The molecule has 120 valence electrons. The summed E-state index contributed by atoms with van der Waals surface area (Å²) in [5, 5.41) is 13.1. The molecule has 6 nitrogen and oxygen atoms in total. The van der Waals surface area contributed by atoms with Gasteiger partial charge in [-0.15, -0.1) is 0 Å². The van der Waals surface area contributed by atoms with Crippen molar-refractivity contribution in [1.29, 1.82) is 5.26 Å². The topological polar surface area (TPSA) is 83.6 Å². The van der Waals surface area contributed by atoms with Gasteiger partial charge in [-0.05, 0) is 32.9 Å². The summed E-state index contributed by atoms with van der Waals surface area (Å²) >= 11 is 0. The van der Waals surface area contributed by atoms with Crippen molar-refractivity contribution >= 4 is 22.5 Å². The van der Waals surface area contributed by atoms with Gasteiger partial charge in [-0.1, -0.05) is 0 Å². The van der Waals surface area contributed by atoms with Crippen molar-refractivity contribution in [2.75, 3.05) is 5.32 Å². The summed E-state index contributed by atoms with van der Waals surface area (Å²) in [6, 6.07) is 7.79. The van der Waals surface area contributed by atoms with Gasteiger partial charge in [0.2, 0.25) is 0 Å². The summed E-state index contributed by atoms with van der Waals surface area (Å²) in [4.78, 5) is 20.5. The van der Waals surface area contributed by atoms with Crippen molar-refractivity contribution in [1.82, 2.24) is 14.5 Å². The van der Waals surface area contributed by atoms with Crippen LogP contribution in [0.4, 0.5) is 5.69 Å². The van der Waals surface area contributed by atoms with Crippen LogP contribution in [0.2, 0.25) is 0 Å². The Hall–Kier alpha value is -3.20. The molecule has 0 saturated carbocycles. The van der Waals surface area contributed by atoms with Crippen LogP contribution in [0.15, 0.2) is 36.8 Å². The molecule has 3 aromatic rings. The van der Waals surface area contributed by atoms with Gasteiger partial charge in [0.05, 0.1) is 16.8 Å². The molecule has 3 aromatic heterocycles. The summed E-state index contributed by atoms with van der Waals surface area (Å²) in [5.74, 6) is 0.627. The van der Waals surface area contributed by atoms with Crippen molar-refractivity contribution < 1.29 is 4.79 Å². The van der Waals surface area contributed by atoms with Crippen LogP contribution in [-0.4, -0.2) is 26.4 Å². The first-order valence-electron chi connectivity index (χ1n) is 7.64. The van der Waals surface area contributed by atoms with Gasteiger partial charge in [0.15, 0.2) is 5.78 Å². The number of nitrogens with one attached hydrogen (secondary N) is 1. The molecule has 0 unspecified atom stereocenters. The molecule has 0 aliphatic heterocycles. The van der Waals surface area contributed by atoms with Crippen LogP contribution < -0.4 is 5.32 Å². The second-order valence-corrected chi connectivity index (χ2v) is 5.88. The van der Waals surface area contributed by atoms with Gasteiger partial charge < -0.3 is 5.32 Å². The lowest BCUT2D eigenvalue weighted by atomic mass is 10.1. The molecule has 3 rings (SSSR count). The molecule has 0 saturated heterocycles. The molecular weight excluding hydrogens is 302 g/mol. The molecule has 3 heterocycles. The van der Waals surface area contributed by atoms with E-state index in [1.54, 1.807) is 12.3 Å². The fraction of sp³-hybridized carbons (Fsp3) is 0.222. The Kier molecular flexibility index (Phi) is 4.00. The lowest BCUT2D eigenvalue weighted by Crippen LogP contribution is -2.14. The number of carbonyl (C=O) groups excluding carboxylic acids is 1. The van der Waals surface area contributed by atoms with Crippen molar-refractivity contribution in [3.8, 4) is 11.9 Å². The first-order valence-corrected chi connectivity index (χ1v) is 7.64. The molecule has 0 aliphatic rings. The van der Waals surface area contributed by atoms with E-state index in [0.29, 0.717) is 22.6 Å². The lowest BCUT2D eigenvalue weighted by molar-refractivity contribution is 0.101. The van der Waals surface area contributed by atoms with Gasteiger partial charge in [0, 0.05) is 36.1 Å². The van der Waals surface area contributed by atoms with Crippen molar-refractivity contribution in [3.63, 3.8) is 0 Å². The summed E-state index contributed by atoms with van der Waals surface area (Å²) in [7, 11) is 0. The van der Waals surface area contributed by atoms with E-state index >= 15 is 0 Å². The minimum atomic E-state index is -0.0358. The zero-order chi connectivity index (χ0) is 17.3. The Morgan fingerprint density at radius 1 is 1.29 bits per heavy atom. The normalized spacial score (nSPS) is 10.8. The number of pyridine rings is 2. The van der Waals surface area contributed by atoms with Crippen LogP contribution in [-0.2, 0) is 0 Å². The molecule has 0 amide bonds. The molecule has 24 heavy (non-hydrogen) atoms. The first kappa shape index (κ1) is 15.7. The highest BCUT2D eigenvalue weighted by Crippen LogP contribution is 2.23. The smallest absolute Gasteiger partial charge is 0.163 e. The predicted octanol–water partition coefficient (Wildman–Crippen LogP) is 3.32. The zero-order valence-electron chi connectivity index (χ0n) is 13.7. The predicted molar refractivity (Wildman–Crippen MR) is 92.3 cm³/mol. The Balaban J connectivity index is 2.13. The fourth-order valence-corrected chi connectivity index (χ4v) is 2.56. The van der Waals surface area contributed by atoms with E-state index in [4.69, 9.17) is 5.26 Å². The van der Waals surface area contributed by atoms with Crippen LogP contribution in [0.1, 0.15) is 36.7 Å². The summed E-state index contributed by atoms with van der Waals surface area (Å²) in [5.41, 5.74) is 2.54. The number of ketones is 1. The number of Topliss-reactive ketones (excluding diaryl/α,β-unsaturated/α-hetero) is 1. The first-order chi connectivity index (χ1) is 11.5.